The van der Waals surface area contributed by atoms with E-state index in [-0.39, 0.29) is 24.0 Å². The zero-order valence-corrected chi connectivity index (χ0v) is 19.3. The molecule has 1 saturated carbocycles. The van der Waals surface area contributed by atoms with E-state index in [1.165, 1.54) is 25.7 Å². The monoisotopic (exact) mass is 491 g/mol. The highest BCUT2D eigenvalue weighted by molar-refractivity contribution is 14.0. The molecule has 0 bridgehead atoms. The smallest absolute Gasteiger partial charge is 0.193 e. The van der Waals surface area contributed by atoms with Gasteiger partial charge in [-0.3, -0.25) is 4.99 Å². The molecule has 0 aromatic heterocycles. The highest BCUT2D eigenvalue weighted by Crippen LogP contribution is 2.25. The molecule has 7 heteroatoms. The third-order valence-corrected chi connectivity index (χ3v) is 4.74. The minimum absolute atomic E-state index is 0. The van der Waals surface area contributed by atoms with Crippen LogP contribution in [0.4, 0.5) is 0 Å². The topological polar surface area (TPSA) is 55.3 Å². The van der Waals surface area contributed by atoms with Crippen LogP contribution in [0.25, 0.3) is 0 Å². The summed E-state index contributed by atoms with van der Waals surface area (Å²) in [5.74, 6) is 2.47. The van der Waals surface area contributed by atoms with E-state index in [2.05, 4.69) is 15.2 Å². The molecule has 1 aromatic rings. The van der Waals surface area contributed by atoms with E-state index < -0.39 is 0 Å². The molecule has 0 atom stereocenters. The average molecular weight is 491 g/mol. The summed E-state index contributed by atoms with van der Waals surface area (Å²) in [7, 11) is 7.16. The van der Waals surface area contributed by atoms with Crippen LogP contribution in [0.1, 0.15) is 37.7 Å². The van der Waals surface area contributed by atoms with Crippen molar-refractivity contribution in [2.45, 2.75) is 44.8 Å². The summed E-state index contributed by atoms with van der Waals surface area (Å²) in [5.41, 5.74) is 1.09. The largest absolute Gasteiger partial charge is 0.497 e. The number of methoxy groups -OCH3 is 2. The van der Waals surface area contributed by atoms with Gasteiger partial charge >= 0.3 is 0 Å². The highest BCUT2D eigenvalue weighted by Gasteiger charge is 2.15. The van der Waals surface area contributed by atoms with E-state index in [4.69, 9.17) is 14.2 Å². The second-order valence-corrected chi connectivity index (χ2v) is 6.64. The highest BCUT2D eigenvalue weighted by atomic mass is 127. The van der Waals surface area contributed by atoms with Crippen molar-refractivity contribution in [3.8, 4) is 11.5 Å². The molecule has 0 heterocycles. The van der Waals surface area contributed by atoms with E-state index in [0.717, 1.165) is 42.6 Å². The Balaban J connectivity index is 0.00000364. The molecular weight excluding hydrogens is 457 g/mol. The lowest BCUT2D eigenvalue weighted by molar-refractivity contribution is 0.0573. The first-order valence-electron chi connectivity index (χ1n) is 9.42. The average Bonchev–Trinajstić information content (AvgIpc) is 3.18. The van der Waals surface area contributed by atoms with Crippen LogP contribution in [0.15, 0.2) is 23.2 Å². The summed E-state index contributed by atoms with van der Waals surface area (Å²) in [6, 6.07) is 5.87. The van der Waals surface area contributed by atoms with Crippen LogP contribution in [-0.2, 0) is 11.3 Å². The van der Waals surface area contributed by atoms with E-state index in [9.17, 15) is 0 Å². The number of aliphatic imine (C=N–C) groups is 1. The SMILES string of the molecule is CN=C(NCCCOC1CCCC1)N(C)Cc1ccc(OC)cc1OC.I. The lowest BCUT2D eigenvalue weighted by Crippen LogP contribution is -2.39. The Morgan fingerprint density at radius 2 is 1.96 bits per heavy atom. The number of nitrogens with zero attached hydrogens (tertiary/aromatic N) is 2. The first-order valence-corrected chi connectivity index (χ1v) is 9.42. The van der Waals surface area contributed by atoms with Crippen LogP contribution in [0.5, 0.6) is 11.5 Å². The molecule has 6 nitrogen and oxygen atoms in total. The van der Waals surface area contributed by atoms with Crippen LogP contribution in [-0.4, -0.2) is 58.4 Å². The molecule has 0 aliphatic heterocycles. The number of hydrogen-bond acceptors (Lipinski definition) is 4. The van der Waals surface area contributed by atoms with Crippen LogP contribution < -0.4 is 14.8 Å². The third-order valence-electron chi connectivity index (χ3n) is 4.74. The number of ether oxygens (including phenoxy) is 3. The molecule has 0 radical (unpaired) electrons. The molecule has 154 valence electrons. The van der Waals surface area contributed by atoms with Gasteiger partial charge in [0.25, 0.3) is 0 Å². The standard InChI is InChI=1S/C20H33N3O3.HI/c1-21-20(22-12-7-13-26-17-8-5-6-9-17)23(2)15-16-10-11-18(24-3)14-19(16)25-4;/h10-11,14,17H,5-9,12-13,15H2,1-4H3,(H,21,22);1H. The number of halogens is 1. The Morgan fingerprint density at radius 3 is 2.59 bits per heavy atom. The third kappa shape index (κ3) is 7.73. The molecule has 0 unspecified atom stereocenters. The van der Waals surface area contributed by atoms with Gasteiger partial charge in [-0.05, 0) is 31.4 Å². The molecule has 0 spiro atoms. The Labute approximate surface area is 180 Å². The normalized spacial score (nSPS) is 14.6. The summed E-state index contributed by atoms with van der Waals surface area (Å²) >= 11 is 0. The van der Waals surface area contributed by atoms with Crippen molar-refractivity contribution in [1.82, 2.24) is 10.2 Å². The number of nitrogens with one attached hydrogen (secondary N) is 1. The van der Waals surface area contributed by atoms with Gasteiger partial charge in [-0.2, -0.15) is 0 Å². The maximum Gasteiger partial charge on any atom is 0.193 e. The fourth-order valence-corrected chi connectivity index (χ4v) is 3.27. The second kappa shape index (κ2) is 13.0. The predicted octanol–water partition coefficient (Wildman–Crippen LogP) is 3.68. The summed E-state index contributed by atoms with van der Waals surface area (Å²) in [6.07, 6.45) is 6.54. The van der Waals surface area contributed by atoms with Crippen LogP contribution in [0.3, 0.4) is 0 Å². The molecule has 1 N–H and O–H groups in total. The molecule has 0 amide bonds. The Bertz CT molecular complexity index is 578. The van der Waals surface area contributed by atoms with Gasteiger partial charge in [-0.15, -0.1) is 24.0 Å². The number of rotatable bonds is 9. The van der Waals surface area contributed by atoms with Crippen molar-refractivity contribution in [1.29, 1.82) is 0 Å². The maximum atomic E-state index is 5.90. The van der Waals surface area contributed by atoms with E-state index in [1.54, 1.807) is 21.3 Å². The number of hydrogen-bond donors (Lipinski definition) is 1. The first-order chi connectivity index (χ1) is 12.7. The van der Waals surface area contributed by atoms with Crippen LogP contribution >= 0.6 is 24.0 Å². The van der Waals surface area contributed by atoms with Crippen LogP contribution in [0.2, 0.25) is 0 Å². The van der Waals surface area contributed by atoms with Crippen molar-refractivity contribution in [2.75, 3.05) is 41.5 Å². The molecule has 1 aromatic carbocycles. The molecule has 27 heavy (non-hydrogen) atoms. The van der Waals surface area contributed by atoms with Crippen LogP contribution in [0, 0.1) is 0 Å². The lowest BCUT2D eigenvalue weighted by atomic mass is 10.2. The molecule has 1 aliphatic rings. The summed E-state index contributed by atoms with van der Waals surface area (Å²) in [6.45, 7) is 2.36. The van der Waals surface area contributed by atoms with Gasteiger partial charge in [-0.1, -0.05) is 12.8 Å². The minimum atomic E-state index is 0. The molecule has 0 saturated heterocycles. The van der Waals surface area contributed by atoms with Crippen molar-refractivity contribution in [3.63, 3.8) is 0 Å². The van der Waals surface area contributed by atoms with Gasteiger partial charge in [-0.25, -0.2) is 0 Å². The van der Waals surface area contributed by atoms with Gasteiger partial charge in [0.2, 0.25) is 0 Å². The minimum Gasteiger partial charge on any atom is -0.497 e. The van der Waals surface area contributed by atoms with Gasteiger partial charge in [0.05, 0.1) is 20.3 Å². The summed E-state index contributed by atoms with van der Waals surface area (Å²) < 4.78 is 16.6. The van der Waals surface area contributed by atoms with Gasteiger partial charge < -0.3 is 24.4 Å². The van der Waals surface area contributed by atoms with Crippen molar-refractivity contribution >= 4 is 29.9 Å². The number of benzene rings is 1. The molecule has 2 rings (SSSR count). The van der Waals surface area contributed by atoms with E-state index in [0.29, 0.717) is 12.6 Å². The Hall–Kier alpha value is -1.22. The van der Waals surface area contributed by atoms with E-state index >= 15 is 0 Å². The van der Waals surface area contributed by atoms with Gasteiger partial charge in [0.1, 0.15) is 11.5 Å². The van der Waals surface area contributed by atoms with Crippen molar-refractivity contribution in [3.05, 3.63) is 23.8 Å². The van der Waals surface area contributed by atoms with Gasteiger partial charge in [0, 0.05) is 45.4 Å². The molecular formula is C20H34IN3O3. The van der Waals surface area contributed by atoms with Gasteiger partial charge in [0.15, 0.2) is 5.96 Å². The van der Waals surface area contributed by atoms with Crippen molar-refractivity contribution in [2.24, 2.45) is 4.99 Å². The first kappa shape index (κ1) is 23.8. The fourth-order valence-electron chi connectivity index (χ4n) is 3.27. The Morgan fingerprint density at radius 1 is 1.22 bits per heavy atom. The summed E-state index contributed by atoms with van der Waals surface area (Å²) in [4.78, 5) is 6.46. The quantitative estimate of drug-likeness (QED) is 0.247. The zero-order chi connectivity index (χ0) is 18.8. The van der Waals surface area contributed by atoms with Crippen molar-refractivity contribution < 1.29 is 14.2 Å². The second-order valence-electron chi connectivity index (χ2n) is 6.64. The zero-order valence-electron chi connectivity index (χ0n) is 17.0. The Kier molecular flexibility index (Phi) is 11.5. The summed E-state index contributed by atoms with van der Waals surface area (Å²) in [5, 5.41) is 3.41. The lowest BCUT2D eigenvalue weighted by Gasteiger charge is -2.23. The van der Waals surface area contributed by atoms with E-state index in [1.807, 2.05) is 25.2 Å². The number of guanidine groups is 1. The maximum absolute atomic E-state index is 5.90. The molecule has 1 fully saturated rings. The fraction of sp³-hybridized carbons (Fsp3) is 0.650. The molecule has 1 aliphatic carbocycles. The predicted molar refractivity (Wildman–Crippen MR) is 121 cm³/mol.